The topological polar surface area (TPSA) is 25.2 Å². The fourth-order valence-corrected chi connectivity index (χ4v) is 1.30. The Labute approximate surface area is 68.9 Å². The molecule has 12 heavy (non-hydrogen) atoms. The number of hydrogen-bond donors (Lipinski definition) is 1. The van der Waals surface area contributed by atoms with Gasteiger partial charge in [0, 0.05) is 18.6 Å². The average Bonchev–Trinajstić information content (AvgIpc) is 2.41. The predicted molar refractivity (Wildman–Crippen MR) is 44.5 cm³/mol. The van der Waals surface area contributed by atoms with Crippen molar-refractivity contribution in [1.82, 2.24) is 4.57 Å². The Morgan fingerprint density at radius 1 is 1.33 bits per heavy atom. The maximum atomic E-state index is 13.1. The van der Waals surface area contributed by atoms with Crippen molar-refractivity contribution in [1.29, 1.82) is 0 Å². The Hall–Kier alpha value is -1.51. The van der Waals surface area contributed by atoms with Crippen LogP contribution >= 0.6 is 0 Å². The lowest BCUT2D eigenvalue weighted by Crippen LogP contribution is -1.84. The minimum atomic E-state index is -0.548. The number of nitrogens with zero attached hydrogens (tertiary/aromatic N) is 1. The number of aromatic nitrogens is 1. The van der Waals surface area contributed by atoms with Crippen LogP contribution in [0.3, 0.4) is 0 Å². The quantitative estimate of drug-likeness (QED) is 0.634. The SMILES string of the molecule is Cn1ccc2c(F)c(O)ccc21. The maximum absolute atomic E-state index is 13.1. The smallest absolute Gasteiger partial charge is 0.174 e. The number of aromatic hydroxyl groups is 1. The normalized spacial score (nSPS) is 10.8. The van der Waals surface area contributed by atoms with Crippen LogP contribution in [0.25, 0.3) is 10.9 Å². The third-order valence-corrected chi connectivity index (χ3v) is 1.98. The zero-order valence-corrected chi connectivity index (χ0v) is 6.58. The molecule has 2 rings (SSSR count). The monoisotopic (exact) mass is 165 g/mol. The summed E-state index contributed by atoms with van der Waals surface area (Å²) in [4.78, 5) is 0. The van der Waals surface area contributed by atoms with Gasteiger partial charge in [0.15, 0.2) is 11.6 Å². The molecule has 0 atom stereocenters. The molecule has 0 aliphatic rings. The Bertz CT molecular complexity index is 433. The molecule has 0 aliphatic carbocycles. The van der Waals surface area contributed by atoms with E-state index < -0.39 is 5.82 Å². The summed E-state index contributed by atoms with van der Waals surface area (Å²) < 4.78 is 15.0. The summed E-state index contributed by atoms with van der Waals surface area (Å²) in [6.45, 7) is 0. The number of aryl methyl sites for hydroxylation is 1. The Morgan fingerprint density at radius 2 is 2.08 bits per heavy atom. The highest BCUT2D eigenvalue weighted by molar-refractivity contribution is 5.82. The molecule has 0 saturated heterocycles. The van der Waals surface area contributed by atoms with Crippen molar-refractivity contribution in [3.63, 3.8) is 0 Å². The Balaban J connectivity index is 2.93. The van der Waals surface area contributed by atoms with E-state index in [4.69, 9.17) is 5.11 Å². The summed E-state index contributed by atoms with van der Waals surface area (Å²) in [5.41, 5.74) is 0.783. The second-order valence-electron chi connectivity index (χ2n) is 2.76. The number of phenolic OH excluding ortho intramolecular Hbond substituents is 1. The number of phenols is 1. The largest absolute Gasteiger partial charge is 0.505 e. The van der Waals surface area contributed by atoms with E-state index in [1.54, 1.807) is 22.9 Å². The Morgan fingerprint density at radius 3 is 2.83 bits per heavy atom. The molecule has 1 N–H and O–H groups in total. The molecule has 0 amide bonds. The van der Waals surface area contributed by atoms with Crippen LogP contribution < -0.4 is 0 Å². The third-order valence-electron chi connectivity index (χ3n) is 1.98. The lowest BCUT2D eigenvalue weighted by Gasteiger charge is -1.98. The van der Waals surface area contributed by atoms with Crippen LogP contribution in [-0.2, 0) is 7.05 Å². The first kappa shape index (κ1) is 7.16. The van der Waals surface area contributed by atoms with E-state index in [2.05, 4.69) is 0 Å². The third kappa shape index (κ3) is 0.794. The van der Waals surface area contributed by atoms with Gasteiger partial charge >= 0.3 is 0 Å². The van der Waals surface area contributed by atoms with Gasteiger partial charge in [-0.05, 0) is 18.2 Å². The van der Waals surface area contributed by atoms with E-state index >= 15 is 0 Å². The van der Waals surface area contributed by atoms with Crippen LogP contribution in [0.15, 0.2) is 24.4 Å². The van der Waals surface area contributed by atoms with Gasteiger partial charge in [0.1, 0.15) is 0 Å². The first-order chi connectivity index (χ1) is 5.70. The van der Waals surface area contributed by atoms with Gasteiger partial charge in [-0.15, -0.1) is 0 Å². The summed E-state index contributed by atoms with van der Waals surface area (Å²) in [7, 11) is 1.83. The lowest BCUT2D eigenvalue weighted by atomic mass is 10.2. The molecule has 2 nitrogen and oxygen atoms in total. The zero-order valence-electron chi connectivity index (χ0n) is 6.58. The molecule has 0 spiro atoms. The van der Waals surface area contributed by atoms with Gasteiger partial charge in [0.25, 0.3) is 0 Å². The minimum Gasteiger partial charge on any atom is -0.505 e. The molecule has 0 radical (unpaired) electrons. The van der Waals surface area contributed by atoms with Crippen LogP contribution in [0.4, 0.5) is 4.39 Å². The first-order valence-electron chi connectivity index (χ1n) is 3.62. The van der Waals surface area contributed by atoms with Crippen LogP contribution in [0.2, 0.25) is 0 Å². The highest BCUT2D eigenvalue weighted by atomic mass is 19.1. The van der Waals surface area contributed by atoms with Gasteiger partial charge in [-0.25, -0.2) is 4.39 Å². The van der Waals surface area contributed by atoms with Gasteiger partial charge in [-0.1, -0.05) is 0 Å². The van der Waals surface area contributed by atoms with Crippen LogP contribution in [-0.4, -0.2) is 9.67 Å². The molecule has 2 aromatic rings. The highest BCUT2D eigenvalue weighted by Crippen LogP contribution is 2.25. The standard InChI is InChI=1S/C9H8FNO/c1-11-5-4-6-7(11)2-3-8(12)9(6)10/h2-5,12H,1H3. The molecular weight excluding hydrogens is 157 g/mol. The van der Waals surface area contributed by atoms with E-state index in [-0.39, 0.29) is 5.75 Å². The number of rotatable bonds is 0. The summed E-state index contributed by atoms with van der Waals surface area (Å²) in [6.07, 6.45) is 1.76. The number of halogens is 1. The Kier molecular flexibility index (Phi) is 1.33. The molecule has 0 unspecified atom stereocenters. The molecule has 0 fully saturated rings. The van der Waals surface area contributed by atoms with Gasteiger partial charge in [0.2, 0.25) is 0 Å². The second kappa shape index (κ2) is 2.24. The maximum Gasteiger partial charge on any atom is 0.174 e. The summed E-state index contributed by atoms with van der Waals surface area (Å²) in [5.74, 6) is -0.846. The van der Waals surface area contributed by atoms with E-state index in [1.807, 2.05) is 7.05 Å². The van der Waals surface area contributed by atoms with Crippen LogP contribution in [0.1, 0.15) is 0 Å². The molecular formula is C9H8FNO. The molecule has 0 saturated carbocycles. The molecule has 3 heteroatoms. The van der Waals surface area contributed by atoms with Gasteiger partial charge < -0.3 is 9.67 Å². The van der Waals surface area contributed by atoms with E-state index in [0.717, 1.165) is 5.52 Å². The van der Waals surface area contributed by atoms with Crippen molar-refractivity contribution in [2.45, 2.75) is 0 Å². The van der Waals surface area contributed by atoms with Crippen molar-refractivity contribution in [2.75, 3.05) is 0 Å². The average molecular weight is 165 g/mol. The second-order valence-corrected chi connectivity index (χ2v) is 2.76. The number of benzene rings is 1. The predicted octanol–water partition coefficient (Wildman–Crippen LogP) is 2.02. The van der Waals surface area contributed by atoms with E-state index in [0.29, 0.717) is 5.39 Å². The molecule has 1 aromatic carbocycles. The van der Waals surface area contributed by atoms with Gasteiger partial charge in [-0.3, -0.25) is 0 Å². The minimum absolute atomic E-state index is 0.297. The molecule has 0 bridgehead atoms. The first-order valence-corrected chi connectivity index (χ1v) is 3.62. The molecule has 0 aliphatic heterocycles. The molecule has 1 heterocycles. The van der Waals surface area contributed by atoms with E-state index in [1.165, 1.54) is 6.07 Å². The summed E-state index contributed by atoms with van der Waals surface area (Å²) in [5, 5.41) is 9.50. The molecule has 1 aromatic heterocycles. The van der Waals surface area contributed by atoms with Crippen molar-refractivity contribution in [2.24, 2.45) is 7.05 Å². The lowest BCUT2D eigenvalue weighted by molar-refractivity contribution is 0.436. The van der Waals surface area contributed by atoms with E-state index in [9.17, 15) is 4.39 Å². The van der Waals surface area contributed by atoms with Crippen molar-refractivity contribution in [3.05, 3.63) is 30.2 Å². The van der Waals surface area contributed by atoms with Crippen molar-refractivity contribution >= 4 is 10.9 Å². The fraction of sp³-hybridized carbons (Fsp3) is 0.111. The highest BCUT2D eigenvalue weighted by Gasteiger charge is 2.07. The fourth-order valence-electron chi connectivity index (χ4n) is 1.30. The molecule has 62 valence electrons. The summed E-state index contributed by atoms with van der Waals surface area (Å²) >= 11 is 0. The summed E-state index contributed by atoms with van der Waals surface area (Å²) in [6, 6.07) is 4.69. The number of fused-ring (bicyclic) bond motifs is 1. The zero-order chi connectivity index (χ0) is 8.72. The van der Waals surface area contributed by atoms with Crippen LogP contribution in [0.5, 0.6) is 5.75 Å². The van der Waals surface area contributed by atoms with Gasteiger partial charge in [0.05, 0.1) is 5.52 Å². The van der Waals surface area contributed by atoms with Crippen LogP contribution in [0, 0.1) is 5.82 Å². The number of hydrogen-bond acceptors (Lipinski definition) is 1. The van der Waals surface area contributed by atoms with Gasteiger partial charge in [-0.2, -0.15) is 0 Å². The van der Waals surface area contributed by atoms with Crippen molar-refractivity contribution in [3.8, 4) is 5.75 Å². The van der Waals surface area contributed by atoms with Crippen molar-refractivity contribution < 1.29 is 9.50 Å².